The van der Waals surface area contributed by atoms with E-state index in [0.29, 0.717) is 0 Å². The fourth-order valence-corrected chi connectivity index (χ4v) is 0.380. The molecule has 1 aliphatic rings. The number of carbonyl (C=O) groups is 2. The summed E-state index contributed by atoms with van der Waals surface area (Å²) in [6.07, 6.45) is 0.0255. The van der Waals surface area contributed by atoms with Crippen molar-refractivity contribution in [3.8, 4) is 0 Å². The molecule has 1 rings (SSSR count). The Morgan fingerprint density at radius 1 is 1.00 bits per heavy atom. The van der Waals surface area contributed by atoms with Crippen LogP contribution < -0.4 is 0 Å². The van der Waals surface area contributed by atoms with Gasteiger partial charge in [0.2, 0.25) is 0 Å². The van der Waals surface area contributed by atoms with E-state index >= 15 is 0 Å². The fourth-order valence-electron chi connectivity index (χ4n) is 0.380. The maximum Gasteiger partial charge on any atom is 0.347 e. The Labute approximate surface area is 78.8 Å². The van der Waals surface area contributed by atoms with Crippen LogP contribution in [0.2, 0.25) is 0 Å². The Balaban J connectivity index is 0.000000810. The Hall–Kier alpha value is -0.100. The van der Waals surface area contributed by atoms with Crippen molar-refractivity contribution in [1.82, 2.24) is 0 Å². The van der Waals surface area contributed by atoms with Crippen LogP contribution in [0.4, 0.5) is 0 Å². The van der Waals surface area contributed by atoms with E-state index in [1.807, 2.05) is 0 Å². The molecule has 10 heavy (non-hydrogen) atoms. The van der Waals surface area contributed by atoms with Crippen molar-refractivity contribution >= 4 is 41.5 Å². The maximum atomic E-state index is 10.2. The topological polar surface area (TPSA) is 61.8 Å². The van der Waals surface area contributed by atoms with Gasteiger partial charge in [0.15, 0.2) is 0 Å². The summed E-state index contributed by atoms with van der Waals surface area (Å²) in [6.45, 7) is 0. The minimum absolute atomic E-state index is 0. The summed E-state index contributed by atoms with van der Waals surface area (Å²) < 4.78 is 0. The average Bonchev–Trinajstić information content (AvgIpc) is 1.97. The molecule has 6 heteroatoms. The molecule has 0 unspecified atom stereocenters. The van der Waals surface area contributed by atoms with Crippen LogP contribution in [-0.2, 0) is 24.4 Å². The molecule has 0 aromatic rings. The second-order valence-electron chi connectivity index (χ2n) is 1.48. The largest absolute Gasteiger partial charge is 0.347 e. The molecule has 0 amide bonds. The van der Waals surface area contributed by atoms with Gasteiger partial charge in [-0.2, -0.15) is 0 Å². The van der Waals surface area contributed by atoms with Gasteiger partial charge in [-0.25, -0.2) is 9.59 Å². The Bertz CT molecular complexity index is 129. The van der Waals surface area contributed by atoms with E-state index in [0.717, 1.165) is 0 Å². The molecule has 1 radical (unpaired) electrons. The first-order valence-electron chi connectivity index (χ1n) is 2.36. The SMILES string of the molecule is O=C1CCC(=O)OOO1.[Na]. The van der Waals surface area contributed by atoms with Gasteiger partial charge in [-0.3, -0.25) is 9.78 Å². The molecule has 0 bridgehead atoms. The van der Waals surface area contributed by atoms with Crippen LogP contribution in [0.3, 0.4) is 0 Å². The van der Waals surface area contributed by atoms with Gasteiger partial charge in [0, 0.05) is 34.6 Å². The molecule has 0 aliphatic carbocycles. The van der Waals surface area contributed by atoms with Gasteiger partial charge in [-0.05, 0) is 0 Å². The van der Waals surface area contributed by atoms with Crippen LogP contribution in [-0.4, -0.2) is 41.5 Å². The second kappa shape index (κ2) is 4.68. The van der Waals surface area contributed by atoms with Gasteiger partial charge in [0.1, 0.15) is 0 Å². The number of rotatable bonds is 0. The Morgan fingerprint density at radius 2 is 1.40 bits per heavy atom. The molecule has 0 N–H and O–H groups in total. The van der Waals surface area contributed by atoms with E-state index in [-0.39, 0.29) is 42.4 Å². The minimum Gasteiger partial charge on any atom is -0.260 e. The van der Waals surface area contributed by atoms with Crippen molar-refractivity contribution in [1.29, 1.82) is 0 Å². The van der Waals surface area contributed by atoms with E-state index in [1.165, 1.54) is 0 Å². The first-order valence-corrected chi connectivity index (χ1v) is 2.36. The van der Waals surface area contributed by atoms with Gasteiger partial charge in [-0.15, -0.1) is 0 Å². The third kappa shape index (κ3) is 3.17. The zero-order valence-electron chi connectivity index (χ0n) is 5.46. The molecular formula is C4H4NaO5. The van der Waals surface area contributed by atoms with Crippen molar-refractivity contribution in [2.24, 2.45) is 0 Å². The number of carbonyl (C=O) groups excluding carboxylic acids is 2. The Kier molecular flexibility index (Phi) is 4.63. The van der Waals surface area contributed by atoms with E-state index in [1.54, 1.807) is 0 Å². The van der Waals surface area contributed by atoms with E-state index < -0.39 is 11.9 Å². The second-order valence-corrected chi connectivity index (χ2v) is 1.48. The summed E-state index contributed by atoms with van der Waals surface area (Å²) in [5.74, 6) is -1.19. The van der Waals surface area contributed by atoms with Crippen LogP contribution in [0, 0.1) is 0 Å². The molecule has 0 saturated carbocycles. The summed E-state index contributed by atoms with van der Waals surface area (Å²) in [5, 5.41) is 3.72. The zero-order valence-corrected chi connectivity index (χ0v) is 7.46. The Morgan fingerprint density at radius 3 is 1.80 bits per heavy atom. The van der Waals surface area contributed by atoms with Crippen LogP contribution in [0.15, 0.2) is 0 Å². The summed E-state index contributed by atoms with van der Waals surface area (Å²) in [5.41, 5.74) is 0. The van der Waals surface area contributed by atoms with Gasteiger partial charge in [0.25, 0.3) is 0 Å². The molecule has 51 valence electrons. The first-order chi connectivity index (χ1) is 4.29. The van der Waals surface area contributed by atoms with Gasteiger partial charge < -0.3 is 0 Å². The predicted molar refractivity (Wildman–Crippen MR) is 28.3 cm³/mol. The monoisotopic (exact) mass is 155 g/mol. The summed E-state index contributed by atoms with van der Waals surface area (Å²) in [4.78, 5) is 28.3. The molecule has 0 atom stereocenters. The quantitative estimate of drug-likeness (QED) is 0.343. The van der Waals surface area contributed by atoms with E-state index in [9.17, 15) is 9.59 Å². The van der Waals surface area contributed by atoms with Crippen molar-refractivity contribution < 1.29 is 24.4 Å². The zero-order chi connectivity index (χ0) is 6.69. The van der Waals surface area contributed by atoms with Crippen LogP contribution in [0.1, 0.15) is 12.8 Å². The van der Waals surface area contributed by atoms with E-state index in [4.69, 9.17) is 0 Å². The number of hydrogen-bond acceptors (Lipinski definition) is 5. The first kappa shape index (κ1) is 9.90. The van der Waals surface area contributed by atoms with Crippen molar-refractivity contribution in [3.05, 3.63) is 0 Å². The molecule has 0 aromatic carbocycles. The van der Waals surface area contributed by atoms with Crippen LogP contribution in [0.25, 0.3) is 0 Å². The van der Waals surface area contributed by atoms with Crippen LogP contribution >= 0.6 is 0 Å². The summed E-state index contributed by atoms with van der Waals surface area (Å²) >= 11 is 0. The van der Waals surface area contributed by atoms with Gasteiger partial charge >= 0.3 is 11.9 Å². The van der Waals surface area contributed by atoms with E-state index in [2.05, 4.69) is 14.8 Å². The molecule has 1 fully saturated rings. The molecule has 5 nitrogen and oxygen atoms in total. The van der Waals surface area contributed by atoms with Gasteiger partial charge in [0.05, 0.1) is 12.8 Å². The summed E-state index contributed by atoms with van der Waals surface area (Å²) in [6, 6.07) is 0. The van der Waals surface area contributed by atoms with Crippen molar-refractivity contribution in [2.75, 3.05) is 0 Å². The van der Waals surface area contributed by atoms with Gasteiger partial charge in [-0.1, -0.05) is 0 Å². The van der Waals surface area contributed by atoms with Crippen molar-refractivity contribution in [2.45, 2.75) is 12.8 Å². The molecule has 1 aliphatic heterocycles. The third-order valence-electron chi connectivity index (χ3n) is 0.787. The van der Waals surface area contributed by atoms with Crippen molar-refractivity contribution in [3.63, 3.8) is 0 Å². The standard InChI is InChI=1S/C4H4O5.Na/c5-3-1-2-4(6)8-9-7-3;/h1-2H2;. The fraction of sp³-hybridized carbons (Fsp3) is 0.500. The smallest absolute Gasteiger partial charge is 0.260 e. The normalized spacial score (nSPS) is 18.0. The third-order valence-corrected chi connectivity index (χ3v) is 0.787. The number of hydrogen-bond donors (Lipinski definition) is 0. The molecule has 1 heterocycles. The molecule has 0 aromatic heterocycles. The molecular weight excluding hydrogens is 151 g/mol. The maximum absolute atomic E-state index is 10.2. The summed E-state index contributed by atoms with van der Waals surface area (Å²) in [7, 11) is 0. The average molecular weight is 155 g/mol. The molecule has 0 spiro atoms. The minimum atomic E-state index is -0.596. The predicted octanol–water partition coefficient (Wildman–Crippen LogP) is -0.668. The molecule has 1 saturated heterocycles. The van der Waals surface area contributed by atoms with Crippen LogP contribution in [0.5, 0.6) is 0 Å².